The molecular weight excluding hydrogens is 386 g/mol. The summed E-state index contributed by atoms with van der Waals surface area (Å²) < 4.78 is 37.6. The van der Waals surface area contributed by atoms with Gasteiger partial charge in [0.05, 0.1) is 18.4 Å². The van der Waals surface area contributed by atoms with Crippen LogP contribution in [0.25, 0.3) is 10.9 Å². The lowest BCUT2D eigenvalue weighted by Gasteiger charge is -2.08. The smallest absolute Gasteiger partial charge is 0.340 e. The summed E-state index contributed by atoms with van der Waals surface area (Å²) in [5.74, 6) is -3.79. The molecule has 29 heavy (non-hydrogen) atoms. The Balaban J connectivity index is 1.64. The predicted octanol–water partition coefficient (Wildman–Crippen LogP) is 2.89. The average Bonchev–Trinajstić information content (AvgIpc) is 3.06. The molecule has 0 aliphatic rings. The maximum absolute atomic E-state index is 13.5. The molecule has 7 nitrogen and oxygen atoms in total. The van der Waals surface area contributed by atoms with Gasteiger partial charge in [-0.15, -0.1) is 0 Å². The van der Waals surface area contributed by atoms with E-state index in [1.165, 1.54) is 17.9 Å². The second-order valence-corrected chi connectivity index (χ2v) is 6.01. The van der Waals surface area contributed by atoms with E-state index in [4.69, 9.17) is 9.47 Å². The van der Waals surface area contributed by atoms with Crippen LogP contribution in [0.2, 0.25) is 0 Å². The van der Waals surface area contributed by atoms with Crippen LogP contribution in [0, 0.1) is 11.6 Å². The number of hydrogen-bond acceptors (Lipinski definition) is 5. The van der Waals surface area contributed by atoms with Crippen molar-refractivity contribution in [2.75, 3.05) is 19.0 Å². The number of halogens is 2. The molecule has 2 aromatic carbocycles. The Morgan fingerprint density at radius 3 is 2.59 bits per heavy atom. The Morgan fingerprint density at radius 1 is 1.10 bits per heavy atom. The van der Waals surface area contributed by atoms with Gasteiger partial charge in [0.1, 0.15) is 18.2 Å². The molecule has 1 amide bonds. The maximum atomic E-state index is 13.5. The number of amides is 1. The number of ether oxygens (including phenoxy) is 2. The summed E-state index contributed by atoms with van der Waals surface area (Å²) in [5.41, 5.74) is 0.676. The molecule has 1 heterocycles. The number of nitrogens with zero attached hydrogens (tertiary/aromatic N) is 1. The first-order chi connectivity index (χ1) is 13.9. The monoisotopic (exact) mass is 402 g/mol. The topological polar surface area (TPSA) is 86.6 Å². The molecule has 0 spiro atoms. The lowest BCUT2D eigenvalue weighted by Crippen LogP contribution is -2.23. The molecule has 0 saturated heterocycles. The molecule has 0 aliphatic heterocycles. The summed E-state index contributed by atoms with van der Waals surface area (Å²) in [6.45, 7) is -0.908. The van der Waals surface area contributed by atoms with Crippen LogP contribution in [0.3, 0.4) is 0 Å². The van der Waals surface area contributed by atoms with Crippen molar-refractivity contribution in [3.63, 3.8) is 0 Å². The highest BCUT2D eigenvalue weighted by atomic mass is 19.1. The van der Waals surface area contributed by atoms with Gasteiger partial charge in [0.25, 0.3) is 5.91 Å². The first-order valence-corrected chi connectivity index (χ1v) is 8.45. The molecule has 3 aromatic rings. The van der Waals surface area contributed by atoms with Gasteiger partial charge >= 0.3 is 11.9 Å². The van der Waals surface area contributed by atoms with Crippen molar-refractivity contribution in [1.29, 1.82) is 0 Å². The summed E-state index contributed by atoms with van der Waals surface area (Å²) in [4.78, 5) is 35.8. The number of carbonyl (C=O) groups excluding carboxylic acids is 3. The van der Waals surface area contributed by atoms with Gasteiger partial charge in [-0.2, -0.15) is 0 Å². The predicted molar refractivity (Wildman–Crippen MR) is 99.2 cm³/mol. The first kappa shape index (κ1) is 20.0. The molecule has 1 aromatic heterocycles. The Kier molecular flexibility index (Phi) is 5.87. The highest BCUT2D eigenvalue weighted by Crippen LogP contribution is 2.22. The zero-order chi connectivity index (χ0) is 21.0. The molecule has 0 bridgehead atoms. The number of rotatable bonds is 6. The highest BCUT2D eigenvalue weighted by molar-refractivity contribution is 6.04. The van der Waals surface area contributed by atoms with E-state index in [9.17, 15) is 23.2 Å². The highest BCUT2D eigenvalue weighted by Gasteiger charge is 2.17. The molecule has 150 valence electrons. The second kappa shape index (κ2) is 8.51. The summed E-state index contributed by atoms with van der Waals surface area (Å²) in [6.07, 6.45) is 1.46. The van der Waals surface area contributed by atoms with Crippen LogP contribution in [-0.2, 0) is 25.6 Å². The number of fused-ring (bicyclic) bond motifs is 1. The van der Waals surface area contributed by atoms with Crippen molar-refractivity contribution in [3.8, 4) is 0 Å². The van der Waals surface area contributed by atoms with E-state index < -0.39 is 36.1 Å². The summed E-state index contributed by atoms with van der Waals surface area (Å²) in [6, 6.07) is 9.60. The lowest BCUT2D eigenvalue weighted by molar-refractivity contribution is -0.147. The van der Waals surface area contributed by atoms with Gasteiger partial charge in [-0.25, -0.2) is 13.6 Å². The quantitative estimate of drug-likeness (QED) is 0.641. The van der Waals surface area contributed by atoms with E-state index in [0.717, 1.165) is 12.1 Å². The summed E-state index contributed by atoms with van der Waals surface area (Å²) in [7, 11) is 1.26. The molecule has 0 unspecified atom stereocenters. The van der Waals surface area contributed by atoms with Crippen molar-refractivity contribution in [1.82, 2.24) is 4.57 Å². The standard InChI is InChI=1S/C20H16F2N2O5/c1-28-20(27)14-9-24(17-5-3-2-4-13(14)17)10-19(26)29-11-18(25)23-16-7-6-12(21)8-15(16)22/h2-9H,10-11H2,1H3,(H,23,25). The number of hydrogen-bond donors (Lipinski definition) is 1. The number of carbonyl (C=O) groups is 3. The van der Waals surface area contributed by atoms with Crippen LogP contribution in [0.4, 0.5) is 14.5 Å². The number of nitrogens with one attached hydrogen (secondary N) is 1. The number of methoxy groups -OCH3 is 1. The first-order valence-electron chi connectivity index (χ1n) is 8.45. The summed E-state index contributed by atoms with van der Waals surface area (Å²) in [5, 5.41) is 2.80. The SMILES string of the molecule is COC(=O)c1cn(CC(=O)OCC(=O)Nc2ccc(F)cc2F)c2ccccc12. The third kappa shape index (κ3) is 4.57. The Hall–Kier alpha value is -3.75. The van der Waals surface area contributed by atoms with E-state index in [0.29, 0.717) is 22.5 Å². The van der Waals surface area contributed by atoms with Crippen LogP contribution in [0.15, 0.2) is 48.7 Å². The van der Waals surface area contributed by atoms with Gasteiger partial charge in [0.2, 0.25) is 0 Å². The number of anilines is 1. The van der Waals surface area contributed by atoms with Gasteiger partial charge in [-0.3, -0.25) is 9.59 Å². The summed E-state index contributed by atoms with van der Waals surface area (Å²) >= 11 is 0. The van der Waals surface area contributed by atoms with Crippen LogP contribution in [-0.4, -0.2) is 36.1 Å². The minimum atomic E-state index is -0.946. The van der Waals surface area contributed by atoms with E-state index in [1.54, 1.807) is 24.3 Å². The van der Waals surface area contributed by atoms with Crippen molar-refractivity contribution in [2.45, 2.75) is 6.54 Å². The normalized spacial score (nSPS) is 10.6. The fourth-order valence-electron chi connectivity index (χ4n) is 2.76. The van der Waals surface area contributed by atoms with Crippen molar-refractivity contribution in [3.05, 3.63) is 65.9 Å². The van der Waals surface area contributed by atoms with Crippen molar-refractivity contribution >= 4 is 34.4 Å². The molecule has 0 radical (unpaired) electrons. The zero-order valence-electron chi connectivity index (χ0n) is 15.3. The van der Waals surface area contributed by atoms with E-state index in [2.05, 4.69) is 5.32 Å². The molecule has 1 N–H and O–H groups in total. The third-order valence-corrected chi connectivity index (χ3v) is 4.06. The number of aromatic nitrogens is 1. The molecular formula is C20H16F2N2O5. The Bertz CT molecular complexity index is 1090. The minimum absolute atomic E-state index is 0.230. The van der Waals surface area contributed by atoms with E-state index in [1.807, 2.05) is 0 Å². The van der Waals surface area contributed by atoms with E-state index >= 15 is 0 Å². The molecule has 0 aliphatic carbocycles. The average molecular weight is 402 g/mol. The zero-order valence-corrected chi connectivity index (χ0v) is 15.3. The van der Waals surface area contributed by atoms with Gasteiger partial charge in [-0.1, -0.05) is 18.2 Å². The van der Waals surface area contributed by atoms with Gasteiger partial charge in [0.15, 0.2) is 6.61 Å². The van der Waals surface area contributed by atoms with Crippen LogP contribution < -0.4 is 5.32 Å². The number of para-hydroxylation sites is 1. The Morgan fingerprint density at radius 2 is 1.86 bits per heavy atom. The molecule has 0 atom stereocenters. The van der Waals surface area contributed by atoms with E-state index in [-0.39, 0.29) is 12.2 Å². The number of benzene rings is 2. The maximum Gasteiger partial charge on any atom is 0.340 e. The molecule has 3 rings (SSSR count). The fourth-order valence-corrected chi connectivity index (χ4v) is 2.76. The van der Waals surface area contributed by atoms with Gasteiger partial charge < -0.3 is 19.4 Å². The largest absolute Gasteiger partial charge is 0.465 e. The Labute approximate surface area is 163 Å². The fraction of sp³-hybridized carbons (Fsp3) is 0.150. The molecule has 9 heteroatoms. The molecule has 0 fully saturated rings. The second-order valence-electron chi connectivity index (χ2n) is 6.01. The lowest BCUT2D eigenvalue weighted by atomic mass is 10.2. The van der Waals surface area contributed by atoms with Crippen molar-refractivity contribution < 1.29 is 32.6 Å². The minimum Gasteiger partial charge on any atom is -0.465 e. The van der Waals surface area contributed by atoms with Crippen LogP contribution in [0.5, 0.6) is 0 Å². The molecule has 0 saturated carbocycles. The number of esters is 2. The van der Waals surface area contributed by atoms with Crippen LogP contribution >= 0.6 is 0 Å². The third-order valence-electron chi connectivity index (χ3n) is 4.06. The van der Waals surface area contributed by atoms with Gasteiger partial charge in [0, 0.05) is 23.2 Å². The van der Waals surface area contributed by atoms with Crippen LogP contribution in [0.1, 0.15) is 10.4 Å². The van der Waals surface area contributed by atoms with Crippen molar-refractivity contribution in [2.24, 2.45) is 0 Å². The van der Waals surface area contributed by atoms with Gasteiger partial charge in [-0.05, 0) is 18.2 Å².